The number of H-pyrrole nitrogens is 1. The fourth-order valence-corrected chi connectivity index (χ4v) is 2.14. The van der Waals surface area contributed by atoms with Gasteiger partial charge in [0.2, 0.25) is 0 Å². The molecular weight excluding hydrogens is 247 g/mol. The van der Waals surface area contributed by atoms with Crippen LogP contribution >= 0.6 is 0 Å². The Bertz CT molecular complexity index is 353. The monoisotopic (exact) mass is 263 g/mol. The van der Waals surface area contributed by atoms with Crippen molar-refractivity contribution in [3.63, 3.8) is 0 Å². The van der Waals surface area contributed by atoms with Gasteiger partial charge in [-0.15, -0.1) is 0 Å². The SMILES string of the molecule is FC(F)(F)C1CCCN(CCOc2cn[nH]c2)C1. The van der Waals surface area contributed by atoms with Crippen molar-refractivity contribution < 1.29 is 17.9 Å². The van der Waals surface area contributed by atoms with Crippen molar-refractivity contribution in [2.75, 3.05) is 26.2 Å². The number of aromatic nitrogens is 2. The summed E-state index contributed by atoms with van der Waals surface area (Å²) in [5.74, 6) is -0.584. The number of halogens is 3. The van der Waals surface area contributed by atoms with Crippen molar-refractivity contribution in [3.8, 4) is 5.75 Å². The molecule has 0 aliphatic carbocycles. The van der Waals surface area contributed by atoms with Gasteiger partial charge in [-0.2, -0.15) is 18.3 Å². The summed E-state index contributed by atoms with van der Waals surface area (Å²) in [5.41, 5.74) is 0. The molecule has 2 rings (SSSR count). The smallest absolute Gasteiger partial charge is 0.393 e. The number of likely N-dealkylation sites (tertiary alicyclic amines) is 1. The lowest BCUT2D eigenvalue weighted by Gasteiger charge is -2.33. The van der Waals surface area contributed by atoms with E-state index in [0.717, 1.165) is 0 Å². The molecule has 1 N–H and O–H groups in total. The molecule has 0 radical (unpaired) electrons. The highest BCUT2D eigenvalue weighted by atomic mass is 19.4. The minimum absolute atomic E-state index is 0.0816. The summed E-state index contributed by atoms with van der Waals surface area (Å²) in [4.78, 5) is 1.81. The number of piperidine rings is 1. The largest absolute Gasteiger partial charge is 0.489 e. The van der Waals surface area contributed by atoms with Crippen LogP contribution in [0.15, 0.2) is 12.4 Å². The summed E-state index contributed by atoms with van der Waals surface area (Å²) in [7, 11) is 0. The Balaban J connectivity index is 1.73. The number of alkyl halides is 3. The summed E-state index contributed by atoms with van der Waals surface area (Å²) in [5, 5.41) is 6.33. The maximum atomic E-state index is 12.6. The van der Waals surface area contributed by atoms with Crippen LogP contribution in [0.5, 0.6) is 5.75 Å². The van der Waals surface area contributed by atoms with Crippen LogP contribution < -0.4 is 4.74 Å². The first kappa shape index (κ1) is 13.2. The minimum Gasteiger partial charge on any atom is -0.489 e. The fraction of sp³-hybridized carbons (Fsp3) is 0.727. The average Bonchev–Trinajstić information content (AvgIpc) is 2.81. The van der Waals surface area contributed by atoms with Gasteiger partial charge >= 0.3 is 6.18 Å². The van der Waals surface area contributed by atoms with E-state index >= 15 is 0 Å². The van der Waals surface area contributed by atoms with Crippen LogP contribution in [0.1, 0.15) is 12.8 Å². The van der Waals surface area contributed by atoms with Crippen molar-refractivity contribution in [3.05, 3.63) is 12.4 Å². The van der Waals surface area contributed by atoms with Crippen LogP contribution in [0.4, 0.5) is 13.2 Å². The Labute approximate surface area is 103 Å². The molecule has 102 valence electrons. The lowest BCUT2D eigenvalue weighted by molar-refractivity contribution is -0.186. The molecule has 0 saturated carbocycles. The molecule has 1 atom stereocenters. The van der Waals surface area contributed by atoms with Crippen molar-refractivity contribution in [2.45, 2.75) is 19.0 Å². The van der Waals surface area contributed by atoms with Gasteiger partial charge in [0.25, 0.3) is 0 Å². The van der Waals surface area contributed by atoms with Crippen molar-refractivity contribution in [2.24, 2.45) is 5.92 Å². The average molecular weight is 263 g/mol. The van der Waals surface area contributed by atoms with Gasteiger partial charge in [-0.1, -0.05) is 0 Å². The Morgan fingerprint density at radius 1 is 1.50 bits per heavy atom. The standard InChI is InChI=1S/C11H16F3N3O/c12-11(13,14)9-2-1-3-17(8-9)4-5-18-10-6-15-16-7-10/h6-7,9H,1-5,8H2,(H,15,16). The number of ether oxygens (including phenoxy) is 1. The van der Waals surface area contributed by atoms with E-state index in [1.165, 1.54) is 6.20 Å². The maximum absolute atomic E-state index is 12.6. The van der Waals surface area contributed by atoms with E-state index in [9.17, 15) is 13.2 Å². The summed E-state index contributed by atoms with van der Waals surface area (Å²) in [6.45, 7) is 1.68. The molecule has 1 aliphatic rings. The summed E-state index contributed by atoms with van der Waals surface area (Å²) >= 11 is 0. The third kappa shape index (κ3) is 3.63. The van der Waals surface area contributed by atoms with E-state index in [-0.39, 0.29) is 13.0 Å². The molecule has 18 heavy (non-hydrogen) atoms. The molecule has 1 saturated heterocycles. The van der Waals surface area contributed by atoms with Gasteiger partial charge in [0.15, 0.2) is 5.75 Å². The molecule has 1 aliphatic heterocycles. The van der Waals surface area contributed by atoms with Gasteiger partial charge in [-0.25, -0.2) is 0 Å². The highest BCUT2D eigenvalue weighted by Gasteiger charge is 2.41. The van der Waals surface area contributed by atoms with Crippen LogP contribution in [-0.2, 0) is 0 Å². The van der Waals surface area contributed by atoms with E-state index < -0.39 is 12.1 Å². The van der Waals surface area contributed by atoms with Gasteiger partial charge in [0, 0.05) is 13.1 Å². The summed E-state index contributed by atoms with van der Waals surface area (Å²) in [6.07, 6.45) is -0.105. The predicted octanol–water partition coefficient (Wildman–Crippen LogP) is 2.06. The Kier molecular flexibility index (Phi) is 4.11. The van der Waals surface area contributed by atoms with Crippen LogP contribution in [0.2, 0.25) is 0 Å². The molecule has 0 bridgehead atoms. The lowest BCUT2D eigenvalue weighted by atomic mass is 9.98. The quantitative estimate of drug-likeness (QED) is 0.904. The van der Waals surface area contributed by atoms with Crippen molar-refractivity contribution in [1.29, 1.82) is 0 Å². The third-order valence-corrected chi connectivity index (χ3v) is 3.12. The molecule has 0 spiro atoms. The first-order chi connectivity index (χ1) is 8.55. The second kappa shape index (κ2) is 5.60. The topological polar surface area (TPSA) is 41.1 Å². The van der Waals surface area contributed by atoms with Gasteiger partial charge in [0.1, 0.15) is 6.61 Å². The van der Waals surface area contributed by atoms with Crippen LogP contribution in [0.25, 0.3) is 0 Å². The summed E-state index contributed by atoms with van der Waals surface area (Å²) in [6, 6.07) is 0. The van der Waals surface area contributed by atoms with Gasteiger partial charge in [0.05, 0.1) is 18.3 Å². The first-order valence-electron chi connectivity index (χ1n) is 5.96. The number of aromatic amines is 1. The van der Waals surface area contributed by atoms with E-state index in [1.807, 2.05) is 4.90 Å². The zero-order chi connectivity index (χ0) is 13.0. The minimum atomic E-state index is -4.08. The second-order valence-electron chi connectivity index (χ2n) is 4.46. The summed E-state index contributed by atoms with van der Waals surface area (Å²) < 4.78 is 43.1. The lowest BCUT2D eigenvalue weighted by Crippen LogP contribution is -2.43. The third-order valence-electron chi connectivity index (χ3n) is 3.12. The Morgan fingerprint density at radius 3 is 3.00 bits per heavy atom. The first-order valence-corrected chi connectivity index (χ1v) is 5.96. The highest BCUT2D eigenvalue weighted by molar-refractivity contribution is 5.09. The maximum Gasteiger partial charge on any atom is 0.393 e. The molecule has 7 heteroatoms. The highest BCUT2D eigenvalue weighted by Crippen LogP contribution is 2.32. The van der Waals surface area contributed by atoms with Crippen LogP contribution in [0.3, 0.4) is 0 Å². The van der Waals surface area contributed by atoms with Gasteiger partial charge in [-0.3, -0.25) is 10.00 Å². The second-order valence-corrected chi connectivity index (χ2v) is 4.46. The van der Waals surface area contributed by atoms with Crippen LogP contribution in [0, 0.1) is 5.92 Å². The van der Waals surface area contributed by atoms with Crippen molar-refractivity contribution >= 4 is 0 Å². The zero-order valence-corrected chi connectivity index (χ0v) is 9.91. The van der Waals surface area contributed by atoms with Gasteiger partial charge in [-0.05, 0) is 19.4 Å². The number of nitrogens with one attached hydrogen (secondary N) is 1. The van der Waals surface area contributed by atoms with E-state index in [0.29, 0.717) is 31.9 Å². The van der Waals surface area contributed by atoms with Crippen LogP contribution in [-0.4, -0.2) is 47.5 Å². The Hall–Kier alpha value is -1.24. The van der Waals surface area contributed by atoms with Crippen molar-refractivity contribution in [1.82, 2.24) is 15.1 Å². The zero-order valence-electron chi connectivity index (χ0n) is 9.91. The molecule has 1 aromatic rings. The molecule has 0 amide bonds. The number of nitrogens with zero attached hydrogens (tertiary/aromatic N) is 2. The molecule has 4 nitrogen and oxygen atoms in total. The predicted molar refractivity (Wildman–Crippen MR) is 59.3 cm³/mol. The van der Waals surface area contributed by atoms with E-state index in [4.69, 9.17) is 4.74 Å². The van der Waals surface area contributed by atoms with Gasteiger partial charge < -0.3 is 4.74 Å². The molecule has 1 unspecified atom stereocenters. The molecule has 2 heterocycles. The number of rotatable bonds is 4. The Morgan fingerprint density at radius 2 is 2.33 bits per heavy atom. The fourth-order valence-electron chi connectivity index (χ4n) is 2.14. The molecule has 1 aromatic heterocycles. The molecular formula is C11H16F3N3O. The number of hydrogen-bond acceptors (Lipinski definition) is 3. The van der Waals surface area contributed by atoms with E-state index in [1.54, 1.807) is 6.20 Å². The molecule has 0 aromatic carbocycles. The number of hydrogen-bond donors (Lipinski definition) is 1. The van der Waals surface area contributed by atoms with E-state index in [2.05, 4.69) is 10.2 Å². The normalized spacial score (nSPS) is 22.1. The molecule has 1 fully saturated rings.